The zero-order chi connectivity index (χ0) is 15.3. The van der Waals surface area contributed by atoms with Crippen molar-refractivity contribution in [3.05, 3.63) is 29.3 Å². The molecular weight excluding hydrogens is 284 g/mol. The largest absolute Gasteiger partial charge is 0.507 e. The van der Waals surface area contributed by atoms with Crippen LogP contribution in [-0.2, 0) is 9.53 Å². The van der Waals surface area contributed by atoms with Gasteiger partial charge in [-0.25, -0.2) is 4.79 Å². The van der Waals surface area contributed by atoms with Crippen LogP contribution in [0.5, 0.6) is 5.75 Å². The van der Waals surface area contributed by atoms with Crippen molar-refractivity contribution in [1.82, 2.24) is 0 Å². The molecule has 0 spiro atoms. The van der Waals surface area contributed by atoms with Gasteiger partial charge in [0.15, 0.2) is 5.12 Å². The van der Waals surface area contributed by atoms with Crippen LogP contribution in [0.1, 0.15) is 28.9 Å². The first-order valence-electron chi connectivity index (χ1n) is 5.77. The highest BCUT2D eigenvalue weighted by atomic mass is 32.2. The van der Waals surface area contributed by atoms with Crippen molar-refractivity contribution in [2.24, 2.45) is 0 Å². The van der Waals surface area contributed by atoms with Crippen LogP contribution in [0.25, 0.3) is 0 Å². The summed E-state index contributed by atoms with van der Waals surface area (Å²) in [5, 5.41) is 29.1. The van der Waals surface area contributed by atoms with Crippen LogP contribution in [-0.4, -0.2) is 45.4 Å². The maximum Gasteiger partial charge on any atom is 0.341 e. The van der Waals surface area contributed by atoms with Gasteiger partial charge in [-0.05, 0) is 17.7 Å². The van der Waals surface area contributed by atoms with Gasteiger partial charge in [0.2, 0.25) is 0 Å². The molecule has 20 heavy (non-hydrogen) atoms. The van der Waals surface area contributed by atoms with Crippen LogP contribution in [0, 0.1) is 0 Å². The molecule has 0 aliphatic heterocycles. The molecule has 0 bridgehead atoms. The van der Waals surface area contributed by atoms with Gasteiger partial charge in [0, 0.05) is 12.7 Å². The summed E-state index contributed by atoms with van der Waals surface area (Å²) in [4.78, 5) is 22.2. The SMILES string of the molecule is COC(=O)c1cc(C(O)C(O)CSC(C)=O)ccc1O. The van der Waals surface area contributed by atoms with E-state index >= 15 is 0 Å². The molecule has 2 atom stereocenters. The van der Waals surface area contributed by atoms with Crippen molar-refractivity contribution in [3.63, 3.8) is 0 Å². The second kappa shape index (κ2) is 7.28. The Morgan fingerprint density at radius 3 is 2.55 bits per heavy atom. The van der Waals surface area contributed by atoms with E-state index in [4.69, 9.17) is 0 Å². The van der Waals surface area contributed by atoms with Gasteiger partial charge in [-0.1, -0.05) is 17.8 Å². The molecule has 0 heterocycles. The Morgan fingerprint density at radius 2 is 2.00 bits per heavy atom. The fourth-order valence-electron chi connectivity index (χ4n) is 1.53. The number of phenols is 1. The van der Waals surface area contributed by atoms with E-state index < -0.39 is 18.2 Å². The van der Waals surface area contributed by atoms with Crippen LogP contribution in [0.3, 0.4) is 0 Å². The third kappa shape index (κ3) is 4.22. The molecule has 6 nitrogen and oxygen atoms in total. The molecule has 0 aliphatic carbocycles. The summed E-state index contributed by atoms with van der Waals surface area (Å²) in [5.41, 5.74) is 0.148. The van der Waals surface area contributed by atoms with Gasteiger partial charge >= 0.3 is 5.97 Å². The van der Waals surface area contributed by atoms with E-state index in [1.54, 1.807) is 0 Å². The standard InChI is InChI=1S/C13H16O6S/c1-7(14)20-6-11(16)12(17)8-3-4-10(15)9(5-8)13(18)19-2/h3-5,11-12,15-17H,6H2,1-2H3. The van der Waals surface area contributed by atoms with E-state index in [2.05, 4.69) is 4.74 Å². The Balaban J connectivity index is 2.90. The molecule has 1 rings (SSSR count). The summed E-state index contributed by atoms with van der Waals surface area (Å²) >= 11 is 0.891. The Labute approximate surface area is 120 Å². The fourth-order valence-corrected chi connectivity index (χ4v) is 2.11. The summed E-state index contributed by atoms with van der Waals surface area (Å²) < 4.78 is 4.50. The molecule has 0 radical (unpaired) electrons. The number of aromatic hydroxyl groups is 1. The van der Waals surface area contributed by atoms with Gasteiger partial charge in [0.05, 0.1) is 13.2 Å². The van der Waals surface area contributed by atoms with Crippen LogP contribution in [0.2, 0.25) is 0 Å². The van der Waals surface area contributed by atoms with Crippen molar-refractivity contribution < 1.29 is 29.6 Å². The minimum atomic E-state index is -1.27. The molecule has 1 aromatic carbocycles. The number of methoxy groups -OCH3 is 1. The molecule has 7 heteroatoms. The number of benzene rings is 1. The molecule has 0 saturated carbocycles. The minimum Gasteiger partial charge on any atom is -0.507 e. The monoisotopic (exact) mass is 300 g/mol. The molecule has 0 aliphatic rings. The van der Waals surface area contributed by atoms with Gasteiger partial charge in [0.1, 0.15) is 17.4 Å². The normalized spacial score (nSPS) is 13.6. The van der Waals surface area contributed by atoms with E-state index in [0.717, 1.165) is 11.8 Å². The Bertz CT molecular complexity index is 502. The number of carbonyl (C=O) groups excluding carboxylic acids is 2. The number of esters is 1. The van der Waals surface area contributed by atoms with Crippen molar-refractivity contribution >= 4 is 22.8 Å². The lowest BCUT2D eigenvalue weighted by Gasteiger charge is -2.18. The Morgan fingerprint density at radius 1 is 1.35 bits per heavy atom. The average Bonchev–Trinajstić information content (AvgIpc) is 2.43. The first-order chi connectivity index (χ1) is 9.36. The van der Waals surface area contributed by atoms with Crippen LogP contribution < -0.4 is 0 Å². The lowest BCUT2D eigenvalue weighted by Crippen LogP contribution is -2.21. The van der Waals surface area contributed by atoms with E-state index in [1.807, 2.05) is 0 Å². The van der Waals surface area contributed by atoms with Crippen molar-refractivity contribution in [2.75, 3.05) is 12.9 Å². The van der Waals surface area contributed by atoms with E-state index in [9.17, 15) is 24.9 Å². The van der Waals surface area contributed by atoms with Crippen LogP contribution >= 0.6 is 11.8 Å². The number of carbonyl (C=O) groups is 2. The summed E-state index contributed by atoms with van der Waals surface area (Å²) in [5.74, 6) is -0.991. The van der Waals surface area contributed by atoms with Gasteiger partial charge < -0.3 is 20.1 Å². The predicted octanol–water partition coefficient (Wildman–Crippen LogP) is 0.853. The molecule has 0 saturated heterocycles. The molecule has 0 aromatic heterocycles. The molecule has 3 N–H and O–H groups in total. The number of rotatable bonds is 5. The molecule has 0 fully saturated rings. The molecular formula is C13H16O6S. The van der Waals surface area contributed by atoms with E-state index in [0.29, 0.717) is 0 Å². The van der Waals surface area contributed by atoms with Crippen molar-refractivity contribution in [2.45, 2.75) is 19.1 Å². The number of thioether (sulfide) groups is 1. The number of aliphatic hydroxyl groups is 2. The number of ether oxygens (including phenoxy) is 1. The van der Waals surface area contributed by atoms with Gasteiger partial charge in [0.25, 0.3) is 0 Å². The van der Waals surface area contributed by atoms with Gasteiger partial charge in [-0.15, -0.1) is 0 Å². The topological polar surface area (TPSA) is 104 Å². The lowest BCUT2D eigenvalue weighted by molar-refractivity contribution is -0.109. The Hall–Kier alpha value is -1.57. The first-order valence-corrected chi connectivity index (χ1v) is 6.76. The highest BCUT2D eigenvalue weighted by Crippen LogP contribution is 2.26. The molecule has 0 amide bonds. The Kier molecular flexibility index (Phi) is 6.00. The predicted molar refractivity (Wildman–Crippen MR) is 73.6 cm³/mol. The smallest absolute Gasteiger partial charge is 0.341 e. The lowest BCUT2D eigenvalue weighted by atomic mass is 10.0. The van der Waals surface area contributed by atoms with Crippen molar-refractivity contribution in [1.29, 1.82) is 0 Å². The quantitative estimate of drug-likeness (QED) is 0.692. The van der Waals surface area contributed by atoms with Crippen LogP contribution in [0.4, 0.5) is 0 Å². The second-order valence-electron chi connectivity index (χ2n) is 4.08. The molecule has 110 valence electrons. The second-order valence-corrected chi connectivity index (χ2v) is 5.28. The zero-order valence-corrected chi connectivity index (χ0v) is 11.9. The summed E-state index contributed by atoms with van der Waals surface area (Å²) in [6.07, 6.45) is -2.44. The van der Waals surface area contributed by atoms with E-state index in [1.165, 1.54) is 32.2 Å². The number of hydrogen-bond donors (Lipinski definition) is 3. The highest BCUT2D eigenvalue weighted by molar-refractivity contribution is 8.13. The summed E-state index contributed by atoms with van der Waals surface area (Å²) in [7, 11) is 1.17. The van der Waals surface area contributed by atoms with Gasteiger partial charge in [-0.2, -0.15) is 0 Å². The minimum absolute atomic E-state index is 0.0327. The third-order valence-corrected chi connectivity index (χ3v) is 3.50. The maximum atomic E-state index is 11.4. The first kappa shape index (κ1) is 16.5. The molecule has 2 unspecified atom stereocenters. The highest BCUT2D eigenvalue weighted by Gasteiger charge is 2.22. The maximum absolute atomic E-state index is 11.4. The average molecular weight is 300 g/mol. The van der Waals surface area contributed by atoms with E-state index in [-0.39, 0.29) is 27.7 Å². The molecule has 1 aromatic rings. The number of hydrogen-bond acceptors (Lipinski definition) is 7. The van der Waals surface area contributed by atoms with Crippen LogP contribution in [0.15, 0.2) is 18.2 Å². The third-order valence-electron chi connectivity index (χ3n) is 2.59. The zero-order valence-electron chi connectivity index (χ0n) is 11.1. The van der Waals surface area contributed by atoms with Gasteiger partial charge in [-0.3, -0.25) is 4.79 Å². The number of phenolic OH excluding ortho intramolecular Hbond substituents is 1. The van der Waals surface area contributed by atoms with Crippen molar-refractivity contribution in [3.8, 4) is 5.75 Å². The summed E-state index contributed by atoms with van der Waals surface area (Å²) in [6, 6.07) is 3.86. The summed E-state index contributed by atoms with van der Waals surface area (Å²) in [6.45, 7) is 1.36. The number of aliphatic hydroxyl groups excluding tert-OH is 2. The fraction of sp³-hybridized carbons (Fsp3) is 0.385.